The van der Waals surface area contributed by atoms with Crippen LogP contribution in [0.3, 0.4) is 0 Å². The zero-order chi connectivity index (χ0) is 26.9. The predicted molar refractivity (Wildman–Crippen MR) is 150 cm³/mol. The van der Waals surface area contributed by atoms with Gasteiger partial charge in [-0.2, -0.15) is 0 Å². The summed E-state index contributed by atoms with van der Waals surface area (Å²) in [6.07, 6.45) is 4.33. The van der Waals surface area contributed by atoms with Crippen LogP contribution in [0.2, 0.25) is 0 Å². The molecule has 0 bridgehead atoms. The van der Waals surface area contributed by atoms with Crippen molar-refractivity contribution in [2.75, 3.05) is 112 Å². The number of halogens is 1. The maximum absolute atomic E-state index is 5.59. The zero-order valence-electron chi connectivity index (χ0n) is 22.6. The van der Waals surface area contributed by atoms with E-state index in [1.165, 1.54) is 12.8 Å². The Kier molecular flexibility index (Phi) is 21.5. The number of hydrogen-bond acceptors (Lipinski definition) is 12. The van der Waals surface area contributed by atoms with Gasteiger partial charge in [0, 0.05) is 36.3 Å². The fourth-order valence-corrected chi connectivity index (χ4v) is 3.96. The van der Waals surface area contributed by atoms with Gasteiger partial charge in [-0.05, 0) is 12.8 Å². The molecule has 0 spiro atoms. The van der Waals surface area contributed by atoms with Crippen molar-refractivity contribution < 1.29 is 33.2 Å². The van der Waals surface area contributed by atoms with Crippen molar-refractivity contribution in [2.24, 2.45) is 5.73 Å². The number of nitrogens with zero attached hydrogens (tertiary/aromatic N) is 4. The van der Waals surface area contributed by atoms with Crippen molar-refractivity contribution in [3.63, 3.8) is 0 Å². The summed E-state index contributed by atoms with van der Waals surface area (Å²) in [6, 6.07) is 0. The lowest BCUT2D eigenvalue weighted by Gasteiger charge is -2.29. The van der Waals surface area contributed by atoms with Gasteiger partial charge in [-0.15, -0.1) is 5.10 Å². The molecular formula is C24H47IN6O7. The van der Waals surface area contributed by atoms with Crippen LogP contribution >= 0.6 is 22.6 Å². The monoisotopic (exact) mass is 658 g/mol. The number of rotatable bonds is 26. The normalized spacial score (nSPS) is 15.0. The van der Waals surface area contributed by atoms with E-state index < -0.39 is 0 Å². The number of piperidine rings is 1. The largest absolute Gasteiger partial charge is 0.378 e. The molecule has 0 amide bonds. The maximum atomic E-state index is 5.59. The first-order chi connectivity index (χ1) is 18.8. The van der Waals surface area contributed by atoms with Crippen LogP contribution in [-0.2, 0) is 46.2 Å². The van der Waals surface area contributed by atoms with Gasteiger partial charge in [0.15, 0.2) is 0 Å². The van der Waals surface area contributed by atoms with Crippen LogP contribution in [0.25, 0.3) is 0 Å². The first-order valence-electron chi connectivity index (χ1n) is 13.5. The first kappa shape index (κ1) is 33.7. The Morgan fingerprint density at radius 1 is 0.737 bits per heavy atom. The van der Waals surface area contributed by atoms with E-state index in [0.29, 0.717) is 106 Å². The molecular weight excluding hydrogens is 611 g/mol. The third-order valence-corrected chi connectivity index (χ3v) is 6.74. The second-order valence-electron chi connectivity index (χ2n) is 8.53. The highest BCUT2D eigenvalue weighted by atomic mass is 127. The summed E-state index contributed by atoms with van der Waals surface area (Å²) in [5.74, 6) is 0. The summed E-state index contributed by atoms with van der Waals surface area (Å²) in [6.45, 7) is 11.8. The molecule has 0 radical (unpaired) electrons. The molecule has 14 heteroatoms. The first-order valence-corrected chi connectivity index (χ1v) is 14.8. The van der Waals surface area contributed by atoms with Crippen LogP contribution in [0, 0.1) is 0 Å². The van der Waals surface area contributed by atoms with E-state index in [9.17, 15) is 0 Å². The minimum Gasteiger partial charge on any atom is -0.378 e. The van der Waals surface area contributed by atoms with Gasteiger partial charge in [-0.3, -0.25) is 5.43 Å². The molecule has 38 heavy (non-hydrogen) atoms. The number of nitrogens with one attached hydrogen (secondary N) is 1. The standard InChI is InChI=1S/C24H47IN6O7/c25-23-1-4-30(5-2-23)27-3-7-32-9-11-34-13-15-36-17-19-38-20-18-37-16-14-35-12-10-33-8-6-31-22-24(21-26)28-29-31/h22-23,27H,1-21,26H2. The number of alkyl halides is 1. The Bertz CT molecular complexity index is 656. The highest BCUT2D eigenvalue weighted by Crippen LogP contribution is 2.16. The highest BCUT2D eigenvalue weighted by molar-refractivity contribution is 14.1. The van der Waals surface area contributed by atoms with E-state index >= 15 is 0 Å². The van der Waals surface area contributed by atoms with Crippen LogP contribution in [-0.4, -0.2) is 136 Å². The van der Waals surface area contributed by atoms with E-state index in [-0.39, 0.29) is 0 Å². The average Bonchev–Trinajstić information content (AvgIpc) is 3.40. The van der Waals surface area contributed by atoms with Gasteiger partial charge in [0.2, 0.25) is 0 Å². The molecule has 1 aromatic heterocycles. The lowest BCUT2D eigenvalue weighted by atomic mass is 10.2. The number of hydrazine groups is 1. The Hall–Kier alpha value is -0.530. The topological polar surface area (TPSA) is 137 Å². The SMILES string of the molecule is NCc1cn(CCOCCOCCOCCOCCOCCOCCOCCNN2CCC(I)CC2)nn1. The highest BCUT2D eigenvalue weighted by Gasteiger charge is 2.15. The van der Waals surface area contributed by atoms with Crippen molar-refractivity contribution >= 4 is 22.6 Å². The molecule has 1 saturated heterocycles. The van der Waals surface area contributed by atoms with Crippen molar-refractivity contribution in [3.8, 4) is 0 Å². The minimum absolute atomic E-state index is 0.390. The number of ether oxygens (including phenoxy) is 7. The summed E-state index contributed by atoms with van der Waals surface area (Å²) in [5.41, 5.74) is 9.69. The smallest absolute Gasteiger partial charge is 0.0962 e. The van der Waals surface area contributed by atoms with Gasteiger partial charge in [0.1, 0.15) is 0 Å². The summed E-state index contributed by atoms with van der Waals surface area (Å²) < 4.78 is 41.1. The van der Waals surface area contributed by atoms with Crippen molar-refractivity contribution in [2.45, 2.75) is 29.9 Å². The van der Waals surface area contributed by atoms with Crippen LogP contribution in [0.5, 0.6) is 0 Å². The number of aromatic nitrogens is 3. The summed E-state index contributed by atoms with van der Waals surface area (Å²) in [4.78, 5) is 0. The number of hydrogen-bond donors (Lipinski definition) is 2. The van der Waals surface area contributed by atoms with Crippen LogP contribution in [0.15, 0.2) is 6.20 Å². The maximum Gasteiger partial charge on any atom is 0.0962 e. The zero-order valence-corrected chi connectivity index (χ0v) is 24.8. The summed E-state index contributed by atoms with van der Waals surface area (Å²) in [5, 5.41) is 10.2. The number of nitrogens with two attached hydrogens (primary N) is 1. The van der Waals surface area contributed by atoms with Crippen molar-refractivity contribution in [3.05, 3.63) is 11.9 Å². The molecule has 0 aromatic carbocycles. The second kappa shape index (κ2) is 24.3. The second-order valence-corrected chi connectivity index (χ2v) is 10.3. The van der Waals surface area contributed by atoms with Crippen LogP contribution in [0.1, 0.15) is 18.5 Å². The van der Waals surface area contributed by atoms with Crippen molar-refractivity contribution in [1.29, 1.82) is 0 Å². The van der Waals surface area contributed by atoms with Crippen molar-refractivity contribution in [1.82, 2.24) is 25.4 Å². The van der Waals surface area contributed by atoms with E-state index in [0.717, 1.165) is 29.3 Å². The fraction of sp³-hybridized carbons (Fsp3) is 0.917. The molecule has 222 valence electrons. The molecule has 3 N–H and O–H groups in total. The van der Waals surface area contributed by atoms with E-state index in [1.54, 1.807) is 4.68 Å². The van der Waals surface area contributed by atoms with Gasteiger partial charge in [0.25, 0.3) is 0 Å². The summed E-state index contributed by atoms with van der Waals surface area (Å²) >= 11 is 2.53. The fourth-order valence-electron chi connectivity index (χ4n) is 3.40. The Labute approximate surface area is 240 Å². The Balaban J connectivity index is 1.17. The van der Waals surface area contributed by atoms with E-state index in [4.69, 9.17) is 38.9 Å². The Morgan fingerprint density at radius 2 is 1.18 bits per heavy atom. The predicted octanol–water partition coefficient (Wildman–Crippen LogP) is 0.257. The molecule has 13 nitrogen and oxygen atoms in total. The van der Waals surface area contributed by atoms with Gasteiger partial charge in [-0.1, -0.05) is 27.8 Å². The lowest BCUT2D eigenvalue weighted by Crippen LogP contribution is -2.45. The molecule has 0 aliphatic carbocycles. The molecule has 1 fully saturated rings. The molecule has 0 saturated carbocycles. The molecule has 0 unspecified atom stereocenters. The molecule has 1 aliphatic heterocycles. The molecule has 0 atom stereocenters. The molecule has 1 aromatic rings. The Morgan fingerprint density at radius 3 is 1.63 bits per heavy atom. The average molecular weight is 659 g/mol. The van der Waals surface area contributed by atoms with Gasteiger partial charge >= 0.3 is 0 Å². The molecule has 2 heterocycles. The molecule has 1 aliphatic rings. The van der Waals surface area contributed by atoms with Gasteiger partial charge < -0.3 is 38.9 Å². The van der Waals surface area contributed by atoms with Gasteiger partial charge in [0.05, 0.1) is 105 Å². The summed E-state index contributed by atoms with van der Waals surface area (Å²) in [7, 11) is 0. The van der Waals surface area contributed by atoms with E-state index in [1.807, 2.05) is 6.20 Å². The molecule has 2 rings (SSSR count). The third-order valence-electron chi connectivity index (χ3n) is 5.50. The lowest BCUT2D eigenvalue weighted by molar-refractivity contribution is -0.0210. The van der Waals surface area contributed by atoms with Gasteiger partial charge in [-0.25, -0.2) is 9.69 Å². The third kappa shape index (κ3) is 18.7. The van der Waals surface area contributed by atoms with Crippen LogP contribution in [0.4, 0.5) is 0 Å². The van der Waals surface area contributed by atoms with Crippen LogP contribution < -0.4 is 11.2 Å². The minimum atomic E-state index is 0.390. The quantitative estimate of drug-likeness (QED) is 0.0803. The van der Waals surface area contributed by atoms with E-state index in [2.05, 4.69) is 43.3 Å².